The minimum atomic E-state index is -4.51. The predicted octanol–water partition coefficient (Wildman–Crippen LogP) is 3.66. The predicted molar refractivity (Wildman–Crippen MR) is 90.6 cm³/mol. The van der Waals surface area contributed by atoms with Crippen molar-refractivity contribution in [2.75, 3.05) is 25.6 Å². The van der Waals surface area contributed by atoms with Crippen LogP contribution in [0.5, 0.6) is 0 Å². The number of aromatic nitrogens is 2. The molecule has 0 fully saturated rings. The Morgan fingerprint density at radius 3 is 2.77 bits per heavy atom. The molecule has 0 aliphatic carbocycles. The number of hydrogen-bond acceptors (Lipinski definition) is 5. The first-order valence-electron chi connectivity index (χ1n) is 7.55. The average Bonchev–Trinajstić information content (AvgIpc) is 2.60. The number of methoxy groups -OCH3 is 1. The third-order valence-electron chi connectivity index (χ3n) is 3.24. The number of amides is 1. The molecule has 10 heteroatoms. The van der Waals surface area contributed by atoms with Crippen LogP contribution in [-0.4, -0.2) is 36.1 Å². The van der Waals surface area contributed by atoms with Gasteiger partial charge < -0.3 is 15.4 Å². The number of alkyl halides is 3. The molecule has 0 aliphatic heterocycles. The number of carbonyl (C=O) groups is 1. The molecule has 2 aromatic rings. The van der Waals surface area contributed by atoms with Crippen LogP contribution in [0.3, 0.4) is 0 Å². The van der Waals surface area contributed by atoms with Gasteiger partial charge in [0, 0.05) is 26.5 Å². The summed E-state index contributed by atoms with van der Waals surface area (Å²) in [4.78, 5) is 19.9. The summed E-state index contributed by atoms with van der Waals surface area (Å²) in [6.07, 6.45) is -2.55. The first-order valence-corrected chi connectivity index (χ1v) is 7.93. The smallest absolute Gasteiger partial charge is 0.385 e. The van der Waals surface area contributed by atoms with Crippen molar-refractivity contribution in [3.8, 4) is 0 Å². The van der Waals surface area contributed by atoms with Crippen molar-refractivity contribution >= 4 is 29.1 Å². The summed E-state index contributed by atoms with van der Waals surface area (Å²) in [5.74, 6) is -0.475. The quantitative estimate of drug-likeness (QED) is 0.708. The van der Waals surface area contributed by atoms with Crippen molar-refractivity contribution in [3.63, 3.8) is 0 Å². The van der Waals surface area contributed by atoms with Gasteiger partial charge in [0.1, 0.15) is 5.69 Å². The lowest BCUT2D eigenvalue weighted by Gasteiger charge is -2.12. The Balaban J connectivity index is 2.12. The van der Waals surface area contributed by atoms with Crippen LogP contribution in [0.25, 0.3) is 0 Å². The Bertz CT molecular complexity index is 771. The summed E-state index contributed by atoms with van der Waals surface area (Å²) >= 11 is 5.92. The minimum Gasteiger partial charge on any atom is -0.385 e. The van der Waals surface area contributed by atoms with Crippen molar-refractivity contribution < 1.29 is 22.7 Å². The molecule has 1 amide bonds. The number of anilines is 2. The molecule has 26 heavy (non-hydrogen) atoms. The van der Waals surface area contributed by atoms with Gasteiger partial charge in [0.2, 0.25) is 5.95 Å². The maximum absolute atomic E-state index is 12.8. The van der Waals surface area contributed by atoms with Gasteiger partial charge in [-0.1, -0.05) is 11.6 Å². The summed E-state index contributed by atoms with van der Waals surface area (Å²) in [5, 5.41) is 5.32. The number of nitrogens with zero attached hydrogens (tertiary/aromatic N) is 2. The summed E-state index contributed by atoms with van der Waals surface area (Å²) in [6, 6.07) is 4.24. The van der Waals surface area contributed by atoms with E-state index in [-0.39, 0.29) is 22.4 Å². The van der Waals surface area contributed by atoms with Gasteiger partial charge in [0.25, 0.3) is 5.91 Å². The van der Waals surface area contributed by atoms with Crippen molar-refractivity contribution in [1.29, 1.82) is 0 Å². The third kappa shape index (κ3) is 5.57. The Morgan fingerprint density at radius 2 is 2.08 bits per heavy atom. The Hall–Kier alpha value is -2.39. The second-order valence-corrected chi connectivity index (χ2v) is 5.59. The van der Waals surface area contributed by atoms with E-state index in [2.05, 4.69) is 20.6 Å². The second-order valence-electron chi connectivity index (χ2n) is 5.19. The fourth-order valence-corrected chi connectivity index (χ4v) is 2.14. The van der Waals surface area contributed by atoms with E-state index in [1.165, 1.54) is 12.3 Å². The highest BCUT2D eigenvalue weighted by Gasteiger charge is 2.31. The highest BCUT2D eigenvalue weighted by Crippen LogP contribution is 2.34. The molecule has 0 saturated heterocycles. The Morgan fingerprint density at radius 1 is 1.31 bits per heavy atom. The van der Waals surface area contributed by atoms with Crippen molar-refractivity contribution in [2.24, 2.45) is 0 Å². The Labute approximate surface area is 152 Å². The maximum atomic E-state index is 12.8. The highest BCUT2D eigenvalue weighted by molar-refractivity contribution is 6.33. The number of carbonyl (C=O) groups excluding carboxylic acids is 1. The molecule has 0 aliphatic rings. The third-order valence-corrected chi connectivity index (χ3v) is 3.57. The normalized spacial score (nSPS) is 11.3. The molecular weight excluding hydrogens is 373 g/mol. The van der Waals surface area contributed by atoms with Crippen LogP contribution in [0, 0.1) is 0 Å². The van der Waals surface area contributed by atoms with E-state index in [0.29, 0.717) is 19.6 Å². The molecule has 0 atom stereocenters. The second kappa shape index (κ2) is 8.81. The van der Waals surface area contributed by atoms with Crippen LogP contribution in [0.2, 0.25) is 5.02 Å². The summed E-state index contributed by atoms with van der Waals surface area (Å²) in [7, 11) is 1.56. The van der Waals surface area contributed by atoms with Crippen molar-refractivity contribution in [3.05, 3.63) is 46.7 Å². The van der Waals surface area contributed by atoms with Gasteiger partial charge in [-0.15, -0.1) is 0 Å². The molecule has 2 N–H and O–H groups in total. The monoisotopic (exact) mass is 388 g/mol. The van der Waals surface area contributed by atoms with E-state index in [0.717, 1.165) is 18.2 Å². The molecule has 6 nitrogen and oxygen atoms in total. The van der Waals surface area contributed by atoms with Crippen molar-refractivity contribution in [2.45, 2.75) is 12.6 Å². The zero-order valence-electron chi connectivity index (χ0n) is 13.7. The highest BCUT2D eigenvalue weighted by atomic mass is 35.5. The standard InChI is InChI=1S/C16H16ClF3N4O2/c1-26-8-2-6-21-14(25)12-5-7-22-15(23-12)24-13-9-10(16(18,19)20)3-4-11(13)17/h3-5,7,9H,2,6,8H2,1H3,(H,21,25)(H,22,23,24). The Kier molecular flexibility index (Phi) is 6.76. The lowest BCUT2D eigenvalue weighted by molar-refractivity contribution is -0.137. The molecule has 0 saturated carbocycles. The molecule has 0 bridgehead atoms. The lowest BCUT2D eigenvalue weighted by Crippen LogP contribution is -2.26. The van der Waals surface area contributed by atoms with Gasteiger partial charge in [-0.2, -0.15) is 13.2 Å². The molecule has 1 heterocycles. The molecule has 0 radical (unpaired) electrons. The van der Waals surface area contributed by atoms with Crippen molar-refractivity contribution in [1.82, 2.24) is 15.3 Å². The fourth-order valence-electron chi connectivity index (χ4n) is 1.97. The van der Waals surface area contributed by atoms with Crippen LogP contribution in [0.4, 0.5) is 24.8 Å². The average molecular weight is 389 g/mol. The van der Waals surface area contributed by atoms with Gasteiger partial charge in [-0.25, -0.2) is 9.97 Å². The molecule has 0 spiro atoms. The molecule has 1 aromatic carbocycles. The van der Waals surface area contributed by atoms with E-state index in [1.807, 2.05) is 0 Å². The van der Waals surface area contributed by atoms with Gasteiger partial charge in [0.15, 0.2) is 0 Å². The maximum Gasteiger partial charge on any atom is 0.416 e. The fraction of sp³-hybridized carbons (Fsp3) is 0.312. The zero-order valence-corrected chi connectivity index (χ0v) is 14.5. The van der Waals surface area contributed by atoms with Gasteiger partial charge in [0.05, 0.1) is 16.3 Å². The number of nitrogens with one attached hydrogen (secondary N) is 2. The molecule has 0 unspecified atom stereocenters. The van der Waals surface area contributed by atoms with Crippen LogP contribution >= 0.6 is 11.6 Å². The van der Waals surface area contributed by atoms with Gasteiger partial charge in [-0.3, -0.25) is 4.79 Å². The van der Waals surface area contributed by atoms with E-state index in [1.54, 1.807) is 7.11 Å². The topological polar surface area (TPSA) is 76.1 Å². The molecule has 1 aromatic heterocycles. The number of halogens is 4. The minimum absolute atomic E-state index is 0.0147. The molecule has 2 rings (SSSR count). The summed E-state index contributed by atoms with van der Waals surface area (Å²) in [6.45, 7) is 0.907. The summed E-state index contributed by atoms with van der Waals surface area (Å²) < 4.78 is 43.3. The van der Waals surface area contributed by atoms with E-state index >= 15 is 0 Å². The lowest BCUT2D eigenvalue weighted by atomic mass is 10.2. The van der Waals surface area contributed by atoms with E-state index in [9.17, 15) is 18.0 Å². The van der Waals surface area contributed by atoms with Gasteiger partial charge in [-0.05, 0) is 30.7 Å². The van der Waals surface area contributed by atoms with Crippen LogP contribution < -0.4 is 10.6 Å². The molecule has 140 valence electrons. The first kappa shape index (κ1) is 19.9. The number of ether oxygens (including phenoxy) is 1. The van der Waals surface area contributed by atoms with E-state index < -0.39 is 17.6 Å². The number of hydrogen-bond donors (Lipinski definition) is 2. The number of rotatable bonds is 7. The van der Waals surface area contributed by atoms with Crippen LogP contribution in [-0.2, 0) is 10.9 Å². The first-order chi connectivity index (χ1) is 12.3. The number of benzene rings is 1. The van der Waals surface area contributed by atoms with Crippen LogP contribution in [0.1, 0.15) is 22.5 Å². The summed E-state index contributed by atoms with van der Waals surface area (Å²) in [5.41, 5.74) is -0.807. The largest absolute Gasteiger partial charge is 0.416 e. The van der Waals surface area contributed by atoms with Crippen LogP contribution in [0.15, 0.2) is 30.5 Å². The van der Waals surface area contributed by atoms with E-state index in [4.69, 9.17) is 16.3 Å². The molecular formula is C16H16ClF3N4O2. The zero-order chi connectivity index (χ0) is 19.2. The van der Waals surface area contributed by atoms with Gasteiger partial charge >= 0.3 is 6.18 Å². The SMILES string of the molecule is COCCCNC(=O)c1ccnc(Nc2cc(C(F)(F)F)ccc2Cl)n1.